The van der Waals surface area contributed by atoms with E-state index in [2.05, 4.69) is 5.16 Å². The molecule has 1 heterocycles. The van der Waals surface area contributed by atoms with Crippen LogP contribution in [0.1, 0.15) is 0 Å². The number of nitro groups is 1. The van der Waals surface area contributed by atoms with E-state index in [9.17, 15) is 10.1 Å². The van der Waals surface area contributed by atoms with Crippen LogP contribution in [0.4, 0.5) is 5.69 Å². The first kappa shape index (κ1) is 15.1. The lowest BCUT2D eigenvalue weighted by atomic mass is 10.0. The molecule has 23 heavy (non-hydrogen) atoms. The summed E-state index contributed by atoms with van der Waals surface area (Å²) < 4.78 is 10.5. The Morgan fingerprint density at radius 3 is 2.48 bits per heavy atom. The fourth-order valence-corrected chi connectivity index (χ4v) is 2.48. The van der Waals surface area contributed by atoms with Gasteiger partial charge in [0.1, 0.15) is 5.75 Å². The molecule has 3 aromatic rings. The van der Waals surface area contributed by atoms with Gasteiger partial charge in [0.25, 0.3) is 5.69 Å². The molecule has 0 saturated carbocycles. The van der Waals surface area contributed by atoms with E-state index < -0.39 is 4.92 Å². The van der Waals surface area contributed by atoms with E-state index in [1.54, 1.807) is 36.5 Å². The third-order valence-corrected chi connectivity index (χ3v) is 3.67. The van der Waals surface area contributed by atoms with Crippen molar-refractivity contribution in [3.05, 3.63) is 63.8 Å². The van der Waals surface area contributed by atoms with E-state index >= 15 is 0 Å². The molecule has 116 valence electrons. The van der Waals surface area contributed by atoms with Gasteiger partial charge >= 0.3 is 0 Å². The molecule has 0 unspecified atom stereocenters. The third kappa shape index (κ3) is 2.89. The molecule has 0 aliphatic rings. The topological polar surface area (TPSA) is 78.4 Å². The highest BCUT2D eigenvalue weighted by atomic mass is 35.5. The van der Waals surface area contributed by atoms with Crippen LogP contribution in [0, 0.1) is 10.1 Å². The maximum absolute atomic E-state index is 10.7. The summed E-state index contributed by atoms with van der Waals surface area (Å²) in [5.74, 6) is 1.09. The first-order valence-electron chi connectivity index (χ1n) is 6.63. The van der Waals surface area contributed by atoms with Gasteiger partial charge < -0.3 is 9.26 Å². The molecule has 0 aliphatic carbocycles. The van der Waals surface area contributed by atoms with Crippen molar-refractivity contribution >= 4 is 17.3 Å². The summed E-state index contributed by atoms with van der Waals surface area (Å²) in [4.78, 5) is 10.3. The molecule has 0 bridgehead atoms. The highest BCUT2D eigenvalue weighted by Gasteiger charge is 2.15. The fraction of sp³-hybridized carbons (Fsp3) is 0.0625. The number of ether oxygens (including phenoxy) is 1. The molecule has 0 spiro atoms. The molecule has 0 fully saturated rings. The number of halogens is 1. The summed E-state index contributed by atoms with van der Waals surface area (Å²) >= 11 is 6.14. The van der Waals surface area contributed by atoms with Crippen LogP contribution in [0.3, 0.4) is 0 Å². The van der Waals surface area contributed by atoms with Crippen molar-refractivity contribution in [2.45, 2.75) is 0 Å². The lowest BCUT2D eigenvalue weighted by Gasteiger charge is -2.05. The van der Waals surface area contributed by atoms with Crippen molar-refractivity contribution in [1.29, 1.82) is 0 Å². The van der Waals surface area contributed by atoms with Gasteiger partial charge in [0, 0.05) is 23.3 Å². The number of nitrogens with zero attached hydrogens (tertiary/aromatic N) is 2. The van der Waals surface area contributed by atoms with E-state index in [4.69, 9.17) is 20.9 Å². The number of rotatable bonds is 4. The van der Waals surface area contributed by atoms with Gasteiger partial charge in [0.15, 0.2) is 5.76 Å². The van der Waals surface area contributed by atoms with Crippen LogP contribution in [0.5, 0.6) is 5.75 Å². The molecule has 3 rings (SSSR count). The molecular weight excluding hydrogens is 320 g/mol. The van der Waals surface area contributed by atoms with E-state index in [0.29, 0.717) is 16.5 Å². The zero-order chi connectivity index (χ0) is 16.4. The summed E-state index contributed by atoms with van der Waals surface area (Å²) in [6.07, 6.45) is 1.56. The van der Waals surface area contributed by atoms with Crippen molar-refractivity contribution < 1.29 is 14.2 Å². The third-order valence-electron chi connectivity index (χ3n) is 3.37. The van der Waals surface area contributed by atoms with Crippen LogP contribution >= 0.6 is 11.6 Å². The van der Waals surface area contributed by atoms with Gasteiger partial charge in [-0.05, 0) is 35.9 Å². The fourth-order valence-electron chi connectivity index (χ4n) is 2.22. The van der Waals surface area contributed by atoms with Gasteiger partial charge in [-0.25, -0.2) is 0 Å². The Kier molecular flexibility index (Phi) is 3.99. The van der Waals surface area contributed by atoms with Crippen molar-refractivity contribution in [1.82, 2.24) is 5.16 Å². The highest BCUT2D eigenvalue weighted by Crippen LogP contribution is 2.36. The summed E-state index contributed by atoms with van der Waals surface area (Å²) in [6, 6.07) is 11.4. The van der Waals surface area contributed by atoms with Gasteiger partial charge in [0.05, 0.1) is 23.3 Å². The maximum Gasteiger partial charge on any atom is 0.269 e. The minimum atomic E-state index is -0.443. The lowest BCUT2D eigenvalue weighted by Crippen LogP contribution is -1.88. The number of aromatic nitrogens is 1. The largest absolute Gasteiger partial charge is 0.495 e. The summed E-state index contributed by atoms with van der Waals surface area (Å²) in [5.41, 5.74) is 2.25. The van der Waals surface area contributed by atoms with Crippen molar-refractivity contribution in [2.75, 3.05) is 7.11 Å². The normalized spacial score (nSPS) is 10.5. The highest BCUT2D eigenvalue weighted by molar-refractivity contribution is 6.32. The van der Waals surface area contributed by atoms with Crippen molar-refractivity contribution in [3.8, 4) is 28.2 Å². The number of hydrogen-bond acceptors (Lipinski definition) is 5. The number of non-ortho nitro benzene ring substituents is 1. The molecule has 0 N–H and O–H groups in total. The van der Waals surface area contributed by atoms with Crippen LogP contribution in [0.15, 0.2) is 53.2 Å². The Morgan fingerprint density at radius 1 is 1.17 bits per heavy atom. The van der Waals surface area contributed by atoms with Crippen LogP contribution in [0.25, 0.3) is 22.5 Å². The second kappa shape index (κ2) is 6.10. The first-order chi connectivity index (χ1) is 11.1. The van der Waals surface area contributed by atoms with E-state index in [-0.39, 0.29) is 5.69 Å². The molecule has 0 atom stereocenters. The Balaban J connectivity index is 2.02. The second-order valence-electron chi connectivity index (χ2n) is 4.72. The van der Waals surface area contributed by atoms with Crippen molar-refractivity contribution in [2.24, 2.45) is 0 Å². The molecule has 7 heteroatoms. The van der Waals surface area contributed by atoms with Crippen LogP contribution in [-0.2, 0) is 0 Å². The molecule has 0 radical (unpaired) electrons. The van der Waals surface area contributed by atoms with Gasteiger partial charge in [-0.3, -0.25) is 10.1 Å². The van der Waals surface area contributed by atoms with E-state index in [0.717, 1.165) is 16.7 Å². The molecular formula is C16H11ClN2O4. The number of methoxy groups -OCH3 is 1. The standard InChI is InChI=1S/C16H11ClN2O4/c1-22-15-7-4-11(8-14(15)17)16-13(9-18-23-16)10-2-5-12(6-3-10)19(20)21/h2-9H,1H3. The van der Waals surface area contributed by atoms with Gasteiger partial charge in [0.2, 0.25) is 0 Å². The Hall–Kier alpha value is -2.86. The smallest absolute Gasteiger partial charge is 0.269 e. The predicted molar refractivity (Wildman–Crippen MR) is 85.6 cm³/mol. The lowest BCUT2D eigenvalue weighted by molar-refractivity contribution is -0.384. The summed E-state index contributed by atoms with van der Waals surface area (Å²) in [6.45, 7) is 0. The quantitative estimate of drug-likeness (QED) is 0.517. The predicted octanol–water partition coefficient (Wildman–Crippen LogP) is 4.58. The molecule has 0 saturated heterocycles. The Labute approximate surface area is 136 Å². The minimum absolute atomic E-state index is 0.0271. The molecule has 2 aromatic carbocycles. The minimum Gasteiger partial charge on any atom is -0.495 e. The average molecular weight is 331 g/mol. The SMILES string of the molecule is COc1ccc(-c2oncc2-c2ccc([N+](=O)[O-])cc2)cc1Cl. The Bertz CT molecular complexity index is 859. The molecule has 0 amide bonds. The van der Waals surface area contributed by atoms with Crippen LogP contribution in [-0.4, -0.2) is 17.2 Å². The molecule has 6 nitrogen and oxygen atoms in total. The maximum atomic E-state index is 10.7. The average Bonchev–Trinajstić information content (AvgIpc) is 3.04. The zero-order valence-electron chi connectivity index (χ0n) is 12.0. The number of hydrogen-bond donors (Lipinski definition) is 0. The molecule has 0 aliphatic heterocycles. The second-order valence-corrected chi connectivity index (χ2v) is 5.13. The van der Waals surface area contributed by atoms with Gasteiger partial charge in [-0.15, -0.1) is 0 Å². The van der Waals surface area contributed by atoms with Crippen molar-refractivity contribution in [3.63, 3.8) is 0 Å². The van der Waals surface area contributed by atoms with Crippen LogP contribution in [0.2, 0.25) is 5.02 Å². The first-order valence-corrected chi connectivity index (χ1v) is 7.01. The van der Waals surface area contributed by atoms with E-state index in [1.807, 2.05) is 0 Å². The van der Waals surface area contributed by atoms with Gasteiger partial charge in [-0.2, -0.15) is 0 Å². The van der Waals surface area contributed by atoms with Crippen LogP contribution < -0.4 is 4.74 Å². The Morgan fingerprint density at radius 2 is 1.87 bits per heavy atom. The number of benzene rings is 2. The van der Waals surface area contributed by atoms with Gasteiger partial charge in [-0.1, -0.05) is 16.8 Å². The summed E-state index contributed by atoms with van der Waals surface area (Å²) in [7, 11) is 1.54. The zero-order valence-corrected chi connectivity index (χ0v) is 12.8. The summed E-state index contributed by atoms with van der Waals surface area (Å²) in [5, 5.41) is 15.0. The monoisotopic (exact) mass is 330 g/mol. The molecule has 1 aromatic heterocycles. The van der Waals surface area contributed by atoms with E-state index in [1.165, 1.54) is 19.2 Å². The number of nitro benzene ring substituents is 1.